The average molecular weight is 328 g/mol. The zero-order chi connectivity index (χ0) is 17.5. The summed E-state index contributed by atoms with van der Waals surface area (Å²) in [5.74, 6) is 0.497. The first-order chi connectivity index (χ1) is 11.5. The molecular formula is C18H20N2O4. The summed E-state index contributed by atoms with van der Waals surface area (Å²) < 4.78 is 10.4. The summed E-state index contributed by atoms with van der Waals surface area (Å²) in [7, 11) is 3.22. The quantitative estimate of drug-likeness (QED) is 0.631. The fourth-order valence-electron chi connectivity index (χ4n) is 2.15. The topological polar surface area (TPSA) is 80.2 Å². The summed E-state index contributed by atoms with van der Waals surface area (Å²) in [5, 5.41) is 13.4. The molecule has 0 spiro atoms. The third kappa shape index (κ3) is 4.33. The number of nitrogens with one attached hydrogen (secondary N) is 1. The standard InChI is InChI=1S/C18H20N2O4/c1-12(14-6-9-17(24-3)15(10-14)11-23-2)19-20-18(22)13-4-7-16(21)8-5-13/h4-10,21H,11H2,1-3H3,(H,20,22)/b19-12-. The Morgan fingerprint density at radius 2 is 1.79 bits per heavy atom. The van der Waals surface area contributed by atoms with Crippen molar-refractivity contribution in [2.24, 2.45) is 5.10 Å². The fourth-order valence-corrected chi connectivity index (χ4v) is 2.15. The highest BCUT2D eigenvalue weighted by Gasteiger charge is 2.08. The number of phenolic OH excluding ortho intramolecular Hbond substituents is 1. The molecule has 24 heavy (non-hydrogen) atoms. The van der Waals surface area contributed by atoms with Crippen molar-refractivity contribution < 1.29 is 19.4 Å². The van der Waals surface area contributed by atoms with Crippen LogP contribution in [0.1, 0.15) is 28.4 Å². The zero-order valence-electron chi connectivity index (χ0n) is 13.9. The number of hydrazone groups is 1. The fraction of sp³-hybridized carbons (Fsp3) is 0.222. The Bertz CT molecular complexity index is 739. The second kappa shape index (κ2) is 8.12. The van der Waals surface area contributed by atoms with Crippen molar-refractivity contribution in [2.45, 2.75) is 13.5 Å². The number of ether oxygens (including phenoxy) is 2. The van der Waals surface area contributed by atoms with Crippen LogP contribution < -0.4 is 10.2 Å². The Morgan fingerprint density at radius 1 is 1.12 bits per heavy atom. The van der Waals surface area contributed by atoms with Gasteiger partial charge in [0.15, 0.2) is 0 Å². The predicted octanol–water partition coefficient (Wildman–Crippen LogP) is 2.70. The molecule has 0 radical (unpaired) electrons. The van der Waals surface area contributed by atoms with Crippen LogP contribution in [0, 0.1) is 0 Å². The van der Waals surface area contributed by atoms with Crippen LogP contribution >= 0.6 is 0 Å². The van der Waals surface area contributed by atoms with Crippen molar-refractivity contribution in [3.8, 4) is 11.5 Å². The van der Waals surface area contributed by atoms with Gasteiger partial charge in [-0.05, 0) is 55.0 Å². The molecule has 0 aromatic heterocycles. The molecule has 2 aromatic rings. The van der Waals surface area contributed by atoms with Crippen molar-refractivity contribution in [1.29, 1.82) is 0 Å². The second-order valence-corrected chi connectivity index (χ2v) is 5.14. The molecule has 126 valence electrons. The lowest BCUT2D eigenvalue weighted by Crippen LogP contribution is -2.19. The summed E-state index contributed by atoms with van der Waals surface area (Å²) >= 11 is 0. The van der Waals surface area contributed by atoms with E-state index < -0.39 is 0 Å². The molecule has 0 saturated carbocycles. The molecule has 2 rings (SSSR count). The first-order valence-corrected chi connectivity index (χ1v) is 7.35. The van der Waals surface area contributed by atoms with Gasteiger partial charge in [-0.1, -0.05) is 0 Å². The van der Waals surface area contributed by atoms with Gasteiger partial charge in [0.1, 0.15) is 11.5 Å². The highest BCUT2D eigenvalue weighted by molar-refractivity contribution is 6.01. The smallest absolute Gasteiger partial charge is 0.271 e. The molecule has 6 nitrogen and oxygen atoms in total. The third-order valence-corrected chi connectivity index (χ3v) is 3.45. The maximum Gasteiger partial charge on any atom is 0.271 e. The van der Waals surface area contributed by atoms with Crippen LogP contribution in [0.4, 0.5) is 0 Å². The zero-order valence-corrected chi connectivity index (χ0v) is 13.9. The van der Waals surface area contributed by atoms with Gasteiger partial charge in [0, 0.05) is 18.2 Å². The van der Waals surface area contributed by atoms with E-state index in [1.54, 1.807) is 21.1 Å². The largest absolute Gasteiger partial charge is 0.508 e. The van der Waals surface area contributed by atoms with Crippen LogP contribution in [0.2, 0.25) is 0 Å². The van der Waals surface area contributed by atoms with Crippen molar-refractivity contribution in [1.82, 2.24) is 5.43 Å². The Balaban J connectivity index is 2.14. The van der Waals surface area contributed by atoms with Crippen molar-refractivity contribution in [2.75, 3.05) is 14.2 Å². The van der Waals surface area contributed by atoms with Gasteiger partial charge in [-0.25, -0.2) is 5.43 Å². The molecule has 0 aliphatic carbocycles. The van der Waals surface area contributed by atoms with Gasteiger partial charge >= 0.3 is 0 Å². The number of carbonyl (C=O) groups is 1. The SMILES string of the molecule is COCc1cc(/C(C)=N\NC(=O)c2ccc(O)cc2)ccc1OC. The monoisotopic (exact) mass is 328 g/mol. The first kappa shape index (κ1) is 17.5. The molecule has 0 unspecified atom stereocenters. The molecule has 0 saturated heterocycles. The predicted molar refractivity (Wildman–Crippen MR) is 91.5 cm³/mol. The number of methoxy groups -OCH3 is 2. The number of carbonyl (C=O) groups excluding carboxylic acids is 1. The minimum atomic E-state index is -0.347. The summed E-state index contributed by atoms with van der Waals surface area (Å²) in [4.78, 5) is 12.0. The Hall–Kier alpha value is -2.86. The van der Waals surface area contributed by atoms with Gasteiger partial charge in [0.25, 0.3) is 5.91 Å². The molecule has 2 aromatic carbocycles. The molecule has 2 N–H and O–H groups in total. The van der Waals surface area contributed by atoms with Gasteiger partial charge in [0.2, 0.25) is 0 Å². The normalized spacial score (nSPS) is 11.2. The lowest BCUT2D eigenvalue weighted by molar-refractivity contribution is 0.0955. The number of rotatable bonds is 6. The molecule has 0 aliphatic rings. The lowest BCUT2D eigenvalue weighted by atomic mass is 10.1. The van der Waals surface area contributed by atoms with Gasteiger partial charge in [-0.3, -0.25) is 4.79 Å². The molecule has 0 bridgehead atoms. The van der Waals surface area contributed by atoms with Crippen LogP contribution in [-0.2, 0) is 11.3 Å². The Morgan fingerprint density at radius 3 is 2.42 bits per heavy atom. The van der Waals surface area contributed by atoms with E-state index >= 15 is 0 Å². The van der Waals surface area contributed by atoms with Crippen LogP contribution in [0.3, 0.4) is 0 Å². The summed E-state index contributed by atoms with van der Waals surface area (Å²) in [6.45, 7) is 2.22. The van der Waals surface area contributed by atoms with E-state index in [4.69, 9.17) is 9.47 Å². The van der Waals surface area contributed by atoms with Gasteiger partial charge in [-0.15, -0.1) is 0 Å². The highest BCUT2D eigenvalue weighted by Crippen LogP contribution is 2.21. The lowest BCUT2D eigenvalue weighted by Gasteiger charge is -2.10. The number of hydrogen-bond donors (Lipinski definition) is 2. The van der Waals surface area contributed by atoms with Crippen LogP contribution in [0.5, 0.6) is 11.5 Å². The summed E-state index contributed by atoms with van der Waals surface area (Å²) in [6.07, 6.45) is 0. The van der Waals surface area contributed by atoms with Gasteiger partial charge < -0.3 is 14.6 Å². The van der Waals surface area contributed by atoms with Gasteiger partial charge in [-0.2, -0.15) is 5.10 Å². The van der Waals surface area contributed by atoms with Crippen molar-refractivity contribution >= 4 is 11.6 Å². The number of benzene rings is 2. The Labute approximate surface area is 140 Å². The molecular weight excluding hydrogens is 308 g/mol. The summed E-state index contributed by atoms with van der Waals surface area (Å²) in [6, 6.07) is 11.6. The molecule has 0 atom stereocenters. The van der Waals surface area contributed by atoms with E-state index in [2.05, 4.69) is 10.5 Å². The van der Waals surface area contributed by atoms with E-state index in [-0.39, 0.29) is 11.7 Å². The average Bonchev–Trinajstić information content (AvgIpc) is 2.60. The van der Waals surface area contributed by atoms with Crippen molar-refractivity contribution in [3.63, 3.8) is 0 Å². The molecule has 1 amide bonds. The maximum absolute atomic E-state index is 12.0. The molecule has 6 heteroatoms. The van der Waals surface area contributed by atoms with E-state index in [0.29, 0.717) is 17.9 Å². The molecule has 0 fully saturated rings. The van der Waals surface area contributed by atoms with Crippen molar-refractivity contribution in [3.05, 3.63) is 59.2 Å². The third-order valence-electron chi connectivity index (χ3n) is 3.45. The Kier molecular flexibility index (Phi) is 5.92. The maximum atomic E-state index is 12.0. The highest BCUT2D eigenvalue weighted by atomic mass is 16.5. The molecule has 0 heterocycles. The number of nitrogens with zero attached hydrogens (tertiary/aromatic N) is 1. The van der Waals surface area contributed by atoms with E-state index in [1.807, 2.05) is 18.2 Å². The summed E-state index contributed by atoms with van der Waals surface area (Å²) in [5.41, 5.74) is 5.33. The van der Waals surface area contributed by atoms with Crippen LogP contribution in [0.15, 0.2) is 47.6 Å². The minimum Gasteiger partial charge on any atom is -0.508 e. The number of aromatic hydroxyl groups is 1. The minimum absolute atomic E-state index is 0.107. The van der Waals surface area contributed by atoms with Crippen LogP contribution in [-0.4, -0.2) is 30.9 Å². The van der Waals surface area contributed by atoms with E-state index in [1.165, 1.54) is 24.3 Å². The van der Waals surface area contributed by atoms with Gasteiger partial charge in [0.05, 0.1) is 19.4 Å². The van der Waals surface area contributed by atoms with Crippen LogP contribution in [0.25, 0.3) is 0 Å². The first-order valence-electron chi connectivity index (χ1n) is 7.35. The number of hydrogen-bond acceptors (Lipinski definition) is 5. The molecule has 0 aliphatic heterocycles. The number of amides is 1. The van der Waals surface area contributed by atoms with E-state index in [9.17, 15) is 9.90 Å². The van der Waals surface area contributed by atoms with E-state index in [0.717, 1.165) is 16.9 Å². The second-order valence-electron chi connectivity index (χ2n) is 5.14. The number of phenols is 1.